The lowest BCUT2D eigenvalue weighted by atomic mass is 9.97. The van der Waals surface area contributed by atoms with Crippen molar-refractivity contribution in [2.24, 2.45) is 5.16 Å². The van der Waals surface area contributed by atoms with E-state index < -0.39 is 11.9 Å². The van der Waals surface area contributed by atoms with Crippen LogP contribution in [0, 0.1) is 0 Å². The molecule has 0 heterocycles. The van der Waals surface area contributed by atoms with Crippen molar-refractivity contribution < 1.29 is 29.0 Å². The minimum atomic E-state index is -0.650. The number of esters is 1. The topological polar surface area (TPSA) is 94.4 Å². The van der Waals surface area contributed by atoms with E-state index in [4.69, 9.17) is 19.4 Å². The number of aldehydes is 1. The molecule has 1 aromatic rings. The molecule has 0 fully saturated rings. The van der Waals surface area contributed by atoms with Crippen molar-refractivity contribution in [2.45, 2.75) is 12.3 Å². The number of hydrogen-bond acceptors (Lipinski definition) is 7. The van der Waals surface area contributed by atoms with E-state index in [1.165, 1.54) is 14.2 Å². The summed E-state index contributed by atoms with van der Waals surface area (Å²) in [4.78, 5) is 22.7. The lowest BCUT2D eigenvalue weighted by Gasteiger charge is -2.13. The van der Waals surface area contributed by atoms with E-state index >= 15 is 0 Å². The zero-order valence-electron chi connectivity index (χ0n) is 11.8. The second kappa shape index (κ2) is 8.57. The SMILES string of the molecule is COc1ccc(C(C=O)CC(=O)OCC=NO)cc1OC. The fourth-order valence-electron chi connectivity index (χ4n) is 1.73. The van der Waals surface area contributed by atoms with E-state index in [2.05, 4.69) is 5.16 Å². The highest BCUT2D eigenvalue weighted by atomic mass is 16.5. The van der Waals surface area contributed by atoms with Crippen molar-refractivity contribution in [2.75, 3.05) is 20.8 Å². The molecule has 0 aliphatic rings. The number of rotatable bonds is 8. The van der Waals surface area contributed by atoms with E-state index in [0.29, 0.717) is 23.3 Å². The molecule has 0 spiro atoms. The van der Waals surface area contributed by atoms with Gasteiger partial charge in [0.15, 0.2) is 11.5 Å². The number of benzene rings is 1. The van der Waals surface area contributed by atoms with Gasteiger partial charge in [-0.05, 0) is 17.7 Å². The van der Waals surface area contributed by atoms with E-state index in [1.54, 1.807) is 18.2 Å². The highest BCUT2D eigenvalue weighted by molar-refractivity contribution is 5.78. The predicted octanol–water partition coefficient (Wildman–Crippen LogP) is 1.38. The van der Waals surface area contributed by atoms with Crippen LogP contribution in [0.4, 0.5) is 0 Å². The van der Waals surface area contributed by atoms with Gasteiger partial charge in [-0.2, -0.15) is 0 Å². The maximum atomic E-state index is 11.6. The lowest BCUT2D eigenvalue weighted by Crippen LogP contribution is -2.13. The van der Waals surface area contributed by atoms with Gasteiger partial charge in [0.05, 0.1) is 32.8 Å². The average molecular weight is 295 g/mol. The highest BCUT2D eigenvalue weighted by Crippen LogP contribution is 2.31. The van der Waals surface area contributed by atoms with Crippen LogP contribution in [0.3, 0.4) is 0 Å². The third kappa shape index (κ3) is 4.79. The Bertz CT molecular complexity index is 514. The fraction of sp³-hybridized carbons (Fsp3) is 0.357. The summed E-state index contributed by atoms with van der Waals surface area (Å²) in [7, 11) is 2.99. The molecule has 7 heteroatoms. The van der Waals surface area contributed by atoms with E-state index in [1.807, 2.05) is 0 Å². The Kier molecular flexibility index (Phi) is 6.73. The number of hydrogen-bond donors (Lipinski definition) is 1. The number of carbonyl (C=O) groups excluding carboxylic acids is 2. The molecule has 1 atom stereocenters. The Hall–Kier alpha value is -2.57. The number of carbonyl (C=O) groups is 2. The van der Waals surface area contributed by atoms with Crippen LogP contribution in [-0.2, 0) is 14.3 Å². The molecule has 0 saturated carbocycles. The Balaban J connectivity index is 2.80. The van der Waals surface area contributed by atoms with Gasteiger partial charge < -0.3 is 24.2 Å². The summed E-state index contributed by atoms with van der Waals surface area (Å²) in [5.74, 6) is -0.208. The molecule has 1 N–H and O–H groups in total. The Morgan fingerprint density at radius 1 is 1.33 bits per heavy atom. The van der Waals surface area contributed by atoms with Crippen molar-refractivity contribution in [3.05, 3.63) is 23.8 Å². The predicted molar refractivity (Wildman–Crippen MR) is 74.2 cm³/mol. The summed E-state index contributed by atoms with van der Waals surface area (Å²) in [6.45, 7) is -0.146. The van der Waals surface area contributed by atoms with Crippen molar-refractivity contribution in [3.8, 4) is 11.5 Å². The van der Waals surface area contributed by atoms with Gasteiger partial charge in [-0.25, -0.2) is 0 Å². The first-order valence-electron chi connectivity index (χ1n) is 6.15. The summed E-state index contributed by atoms with van der Waals surface area (Å²) in [5, 5.41) is 10.9. The van der Waals surface area contributed by atoms with Gasteiger partial charge in [-0.15, -0.1) is 0 Å². The Labute approximate surface area is 122 Å². The van der Waals surface area contributed by atoms with Crippen LogP contribution in [0.25, 0.3) is 0 Å². The molecule has 0 aliphatic carbocycles. The van der Waals surface area contributed by atoms with Crippen LogP contribution in [0.1, 0.15) is 17.9 Å². The van der Waals surface area contributed by atoms with Crippen LogP contribution in [0.5, 0.6) is 11.5 Å². The van der Waals surface area contributed by atoms with Crippen molar-refractivity contribution in [3.63, 3.8) is 0 Å². The first kappa shape index (κ1) is 16.5. The maximum absolute atomic E-state index is 11.6. The maximum Gasteiger partial charge on any atom is 0.307 e. The number of ether oxygens (including phenoxy) is 3. The molecule has 0 amide bonds. The van der Waals surface area contributed by atoms with Gasteiger partial charge >= 0.3 is 5.97 Å². The molecule has 1 aromatic carbocycles. The van der Waals surface area contributed by atoms with E-state index in [0.717, 1.165) is 6.21 Å². The standard InChI is InChI=1S/C14H17NO6/c1-19-12-4-3-10(7-13(12)20-2)11(9-16)8-14(17)21-6-5-15-18/h3-5,7,9,11,18H,6,8H2,1-2H3. The van der Waals surface area contributed by atoms with Crippen LogP contribution >= 0.6 is 0 Å². The quantitative estimate of drug-likeness (QED) is 0.256. The minimum absolute atomic E-state index is 0.113. The monoisotopic (exact) mass is 295 g/mol. The molecule has 114 valence electrons. The molecule has 0 aromatic heterocycles. The second-order valence-corrected chi connectivity index (χ2v) is 4.04. The van der Waals surface area contributed by atoms with Gasteiger partial charge in [0.1, 0.15) is 12.9 Å². The zero-order chi connectivity index (χ0) is 15.7. The first-order valence-corrected chi connectivity index (χ1v) is 6.15. The van der Waals surface area contributed by atoms with E-state index in [9.17, 15) is 9.59 Å². The Morgan fingerprint density at radius 3 is 2.62 bits per heavy atom. The molecular weight excluding hydrogens is 278 g/mol. The van der Waals surface area contributed by atoms with Gasteiger partial charge in [-0.3, -0.25) is 4.79 Å². The molecule has 0 radical (unpaired) electrons. The second-order valence-electron chi connectivity index (χ2n) is 4.04. The largest absolute Gasteiger partial charge is 0.493 e. The number of oxime groups is 1. The van der Waals surface area contributed by atoms with Gasteiger partial charge in [0.2, 0.25) is 0 Å². The van der Waals surface area contributed by atoms with Gasteiger partial charge in [-0.1, -0.05) is 11.2 Å². The fourth-order valence-corrected chi connectivity index (χ4v) is 1.73. The summed E-state index contributed by atoms with van der Waals surface area (Å²) in [5.41, 5.74) is 0.621. The molecule has 0 saturated heterocycles. The summed E-state index contributed by atoms with van der Waals surface area (Å²) < 4.78 is 15.0. The van der Waals surface area contributed by atoms with E-state index in [-0.39, 0.29) is 13.0 Å². The molecule has 1 unspecified atom stereocenters. The lowest BCUT2D eigenvalue weighted by molar-refractivity contribution is -0.143. The molecule has 7 nitrogen and oxygen atoms in total. The normalized spacial score (nSPS) is 11.9. The highest BCUT2D eigenvalue weighted by Gasteiger charge is 2.18. The van der Waals surface area contributed by atoms with Crippen molar-refractivity contribution in [1.82, 2.24) is 0 Å². The third-order valence-corrected chi connectivity index (χ3v) is 2.79. The van der Waals surface area contributed by atoms with Gasteiger partial charge in [0.25, 0.3) is 0 Å². The molecule has 21 heavy (non-hydrogen) atoms. The minimum Gasteiger partial charge on any atom is -0.493 e. The van der Waals surface area contributed by atoms with Crippen LogP contribution in [-0.4, -0.2) is 44.5 Å². The summed E-state index contributed by atoms with van der Waals surface area (Å²) >= 11 is 0. The molecular formula is C14H17NO6. The van der Waals surface area contributed by atoms with Crippen LogP contribution < -0.4 is 9.47 Å². The van der Waals surface area contributed by atoms with Gasteiger partial charge in [0, 0.05) is 0 Å². The zero-order valence-corrected chi connectivity index (χ0v) is 11.8. The average Bonchev–Trinajstić information content (AvgIpc) is 2.52. The van der Waals surface area contributed by atoms with Crippen LogP contribution in [0.2, 0.25) is 0 Å². The first-order chi connectivity index (χ1) is 10.2. The van der Waals surface area contributed by atoms with Crippen LogP contribution in [0.15, 0.2) is 23.4 Å². The van der Waals surface area contributed by atoms with Crippen molar-refractivity contribution in [1.29, 1.82) is 0 Å². The smallest absolute Gasteiger partial charge is 0.307 e. The number of methoxy groups -OCH3 is 2. The molecule has 0 bridgehead atoms. The summed E-state index contributed by atoms with van der Waals surface area (Å²) in [6, 6.07) is 4.98. The molecule has 1 rings (SSSR count). The molecule has 0 aliphatic heterocycles. The third-order valence-electron chi connectivity index (χ3n) is 2.79. The number of nitrogens with zero attached hydrogens (tertiary/aromatic N) is 1. The van der Waals surface area contributed by atoms with Crippen molar-refractivity contribution >= 4 is 18.5 Å². The summed E-state index contributed by atoms with van der Waals surface area (Å²) in [6.07, 6.45) is 1.59. The Morgan fingerprint density at radius 2 is 2.05 bits per heavy atom.